The van der Waals surface area contributed by atoms with Crippen molar-refractivity contribution in [2.24, 2.45) is 0 Å². The van der Waals surface area contributed by atoms with Crippen LogP contribution in [0.4, 0.5) is 0 Å². The summed E-state index contributed by atoms with van der Waals surface area (Å²) in [6.07, 6.45) is 8.15. The van der Waals surface area contributed by atoms with Crippen LogP contribution >= 0.6 is 0 Å². The molecule has 0 aromatic carbocycles. The predicted octanol–water partition coefficient (Wildman–Crippen LogP) is 2.08. The van der Waals surface area contributed by atoms with E-state index in [4.69, 9.17) is 4.74 Å². The highest BCUT2D eigenvalue weighted by Crippen LogP contribution is 2.32. The van der Waals surface area contributed by atoms with Crippen LogP contribution in [0.2, 0.25) is 0 Å². The van der Waals surface area contributed by atoms with E-state index < -0.39 is 36.7 Å². The number of hydrogen-bond acceptors (Lipinski definition) is 6. The van der Waals surface area contributed by atoms with Crippen LogP contribution in [0.1, 0.15) is 84.5 Å². The molecule has 156 valence electrons. The van der Waals surface area contributed by atoms with E-state index in [-0.39, 0.29) is 0 Å². The number of ether oxygens (including phenoxy) is 1. The van der Waals surface area contributed by atoms with E-state index in [0.29, 0.717) is 13.0 Å². The molecule has 0 saturated carbocycles. The van der Waals surface area contributed by atoms with Gasteiger partial charge in [-0.05, 0) is 19.4 Å². The van der Waals surface area contributed by atoms with Gasteiger partial charge in [-0.25, -0.2) is 0 Å². The van der Waals surface area contributed by atoms with Gasteiger partial charge in [0, 0.05) is 6.42 Å². The van der Waals surface area contributed by atoms with Gasteiger partial charge in [-0.2, -0.15) is 0 Å². The first-order chi connectivity index (χ1) is 12.5. The van der Waals surface area contributed by atoms with E-state index in [1.54, 1.807) is 0 Å². The molecular formula is C20H41NO5. The molecule has 1 saturated heterocycles. The molecule has 0 spiro atoms. The number of aliphatic hydroxyl groups excluding tert-OH is 3. The zero-order valence-electron chi connectivity index (χ0n) is 16.7. The van der Waals surface area contributed by atoms with E-state index in [1.807, 2.05) is 0 Å². The first-order valence-electron chi connectivity index (χ1n) is 10.6. The van der Waals surface area contributed by atoms with Crippen molar-refractivity contribution in [3.63, 3.8) is 0 Å². The number of unbranched alkanes of at least 4 members (excludes halogenated alkanes) is 8. The second kappa shape index (κ2) is 13.0. The second-order valence-electron chi connectivity index (χ2n) is 7.68. The van der Waals surface area contributed by atoms with E-state index in [9.17, 15) is 20.4 Å². The molecule has 0 bridgehead atoms. The Morgan fingerprint density at radius 3 is 2.00 bits per heavy atom. The molecule has 0 aromatic rings. The summed E-state index contributed by atoms with van der Waals surface area (Å²) in [7, 11) is 0. The lowest BCUT2D eigenvalue weighted by molar-refractivity contribution is -0.322. The van der Waals surface area contributed by atoms with Gasteiger partial charge in [0.15, 0.2) is 5.79 Å². The Balaban J connectivity index is 2.51. The molecule has 1 heterocycles. The Labute approximate surface area is 159 Å². The van der Waals surface area contributed by atoms with Crippen molar-refractivity contribution in [3.8, 4) is 0 Å². The summed E-state index contributed by atoms with van der Waals surface area (Å²) in [5.41, 5.74) is 0. The Hall–Kier alpha value is -0.240. The van der Waals surface area contributed by atoms with E-state index in [0.717, 1.165) is 32.1 Å². The van der Waals surface area contributed by atoms with E-state index in [2.05, 4.69) is 19.2 Å². The molecule has 0 aliphatic carbocycles. The molecule has 1 fully saturated rings. The summed E-state index contributed by atoms with van der Waals surface area (Å²) in [6.45, 7) is 4.48. The molecule has 0 amide bonds. The first-order valence-corrected chi connectivity index (χ1v) is 10.6. The van der Waals surface area contributed by atoms with Crippen LogP contribution in [0.5, 0.6) is 0 Å². The van der Waals surface area contributed by atoms with Crippen LogP contribution in [-0.2, 0) is 4.74 Å². The Bertz CT molecular complexity index is 357. The van der Waals surface area contributed by atoms with Crippen molar-refractivity contribution in [1.82, 2.24) is 5.32 Å². The average molecular weight is 376 g/mol. The molecule has 6 heteroatoms. The predicted molar refractivity (Wildman–Crippen MR) is 103 cm³/mol. The third-order valence-electron chi connectivity index (χ3n) is 5.38. The molecule has 26 heavy (non-hydrogen) atoms. The van der Waals surface area contributed by atoms with E-state index >= 15 is 0 Å². The normalized spacial score (nSPS) is 32.1. The van der Waals surface area contributed by atoms with Gasteiger partial charge in [-0.1, -0.05) is 65.2 Å². The van der Waals surface area contributed by atoms with Gasteiger partial charge < -0.3 is 30.5 Å². The van der Waals surface area contributed by atoms with Crippen LogP contribution in [0.3, 0.4) is 0 Å². The summed E-state index contributed by atoms with van der Waals surface area (Å²) in [5, 5.41) is 44.1. The minimum Gasteiger partial charge on any atom is -0.394 e. The maximum atomic E-state index is 11.0. The largest absolute Gasteiger partial charge is 0.394 e. The van der Waals surface area contributed by atoms with Gasteiger partial charge in [0.1, 0.15) is 18.3 Å². The fourth-order valence-corrected chi connectivity index (χ4v) is 3.68. The molecule has 6 nitrogen and oxygen atoms in total. The fourth-order valence-electron chi connectivity index (χ4n) is 3.68. The second-order valence-corrected chi connectivity index (χ2v) is 7.68. The third kappa shape index (κ3) is 7.41. The molecule has 1 rings (SSSR count). The van der Waals surface area contributed by atoms with Gasteiger partial charge in [-0.15, -0.1) is 0 Å². The molecule has 1 aliphatic heterocycles. The average Bonchev–Trinajstić information content (AvgIpc) is 2.63. The van der Waals surface area contributed by atoms with Crippen molar-refractivity contribution in [3.05, 3.63) is 0 Å². The maximum absolute atomic E-state index is 11.0. The number of aliphatic hydroxyl groups is 4. The molecule has 0 aromatic heterocycles. The summed E-state index contributed by atoms with van der Waals surface area (Å²) >= 11 is 0. The summed E-state index contributed by atoms with van der Waals surface area (Å²) in [6, 6.07) is -0.753. The fraction of sp³-hybridized carbons (Fsp3) is 1.00. The van der Waals surface area contributed by atoms with Gasteiger partial charge >= 0.3 is 0 Å². The standard InChI is InChI=1S/C20H41NO5/c1-3-5-7-8-9-10-11-12-13-20(25)19(21-14-6-4-2)18(24)17(23)16(15-22)26-20/h16-19,21-25H,3-15H2,1-2H3/t16-,17+,18+,19-,20?/m1/s1. The first kappa shape index (κ1) is 23.8. The monoisotopic (exact) mass is 375 g/mol. The van der Waals surface area contributed by atoms with Gasteiger partial charge in [0.25, 0.3) is 0 Å². The molecule has 0 radical (unpaired) electrons. The van der Waals surface area contributed by atoms with Crippen LogP contribution < -0.4 is 5.32 Å². The topological polar surface area (TPSA) is 102 Å². The molecule has 1 aliphatic rings. The van der Waals surface area contributed by atoms with Gasteiger partial charge in [0.05, 0.1) is 12.6 Å². The highest BCUT2D eigenvalue weighted by Gasteiger charge is 2.52. The third-order valence-corrected chi connectivity index (χ3v) is 5.38. The van der Waals surface area contributed by atoms with Crippen LogP contribution in [0, 0.1) is 0 Å². The summed E-state index contributed by atoms with van der Waals surface area (Å²) < 4.78 is 5.64. The van der Waals surface area contributed by atoms with Crippen LogP contribution in [0.15, 0.2) is 0 Å². The number of nitrogens with one attached hydrogen (secondary N) is 1. The summed E-state index contributed by atoms with van der Waals surface area (Å²) in [4.78, 5) is 0. The number of rotatable bonds is 14. The lowest BCUT2D eigenvalue weighted by Gasteiger charge is -2.48. The van der Waals surface area contributed by atoms with E-state index in [1.165, 1.54) is 32.1 Å². The van der Waals surface area contributed by atoms with Crippen LogP contribution in [0.25, 0.3) is 0 Å². The van der Waals surface area contributed by atoms with Crippen molar-refractivity contribution in [2.75, 3.05) is 13.2 Å². The Morgan fingerprint density at radius 1 is 0.846 bits per heavy atom. The lowest BCUT2D eigenvalue weighted by atomic mass is 9.87. The summed E-state index contributed by atoms with van der Waals surface area (Å²) in [5.74, 6) is -1.57. The molecular weight excluding hydrogens is 334 g/mol. The Kier molecular flexibility index (Phi) is 11.9. The number of hydrogen-bond donors (Lipinski definition) is 5. The minimum absolute atomic E-state index is 0.381. The highest BCUT2D eigenvalue weighted by atomic mass is 16.6. The maximum Gasteiger partial charge on any atom is 0.184 e. The molecule has 1 unspecified atom stereocenters. The Morgan fingerprint density at radius 2 is 1.42 bits per heavy atom. The van der Waals surface area contributed by atoms with Gasteiger partial charge in [0.2, 0.25) is 0 Å². The van der Waals surface area contributed by atoms with Crippen molar-refractivity contribution >= 4 is 0 Å². The zero-order chi connectivity index (χ0) is 19.4. The smallest absolute Gasteiger partial charge is 0.184 e. The van der Waals surface area contributed by atoms with Crippen molar-refractivity contribution < 1.29 is 25.2 Å². The zero-order valence-corrected chi connectivity index (χ0v) is 16.7. The highest BCUT2D eigenvalue weighted by molar-refractivity contribution is 5.00. The van der Waals surface area contributed by atoms with Crippen molar-refractivity contribution in [1.29, 1.82) is 0 Å². The quantitative estimate of drug-likeness (QED) is 0.298. The molecule has 5 atom stereocenters. The molecule has 5 N–H and O–H groups in total. The lowest BCUT2D eigenvalue weighted by Crippen LogP contribution is -2.69. The van der Waals surface area contributed by atoms with Gasteiger partial charge in [-0.3, -0.25) is 0 Å². The van der Waals surface area contributed by atoms with Crippen molar-refractivity contribution in [2.45, 2.75) is 115 Å². The SMILES string of the molecule is CCCCCCCCCCC1(O)O[C@H](CO)[C@H](O)[C@H](O)[C@H]1NCCCC. The minimum atomic E-state index is -1.57. The van der Waals surface area contributed by atoms with Crippen LogP contribution in [-0.4, -0.2) is 63.7 Å².